The van der Waals surface area contributed by atoms with Gasteiger partial charge in [0, 0.05) is 11.1 Å². The van der Waals surface area contributed by atoms with Crippen LogP contribution < -0.4 is 4.74 Å². The van der Waals surface area contributed by atoms with Crippen molar-refractivity contribution >= 4 is 22.6 Å². The molecule has 0 saturated carbocycles. The Hall–Kier alpha value is -2.00. The minimum absolute atomic E-state index is 0.304. The van der Waals surface area contributed by atoms with E-state index in [9.17, 15) is 0 Å². The molecule has 3 rings (SSSR count). The molecule has 3 nitrogen and oxygen atoms in total. The Balaban J connectivity index is 1.96. The zero-order chi connectivity index (χ0) is 16.6. The van der Waals surface area contributed by atoms with Gasteiger partial charge in [-0.25, -0.2) is 4.98 Å². The average molecular weight is 329 g/mol. The Morgan fingerprint density at radius 2 is 1.96 bits per heavy atom. The fourth-order valence-corrected chi connectivity index (χ4v) is 2.99. The summed E-state index contributed by atoms with van der Waals surface area (Å²) in [5.74, 6) is 1.82. The van der Waals surface area contributed by atoms with E-state index in [0.717, 1.165) is 22.6 Å². The van der Waals surface area contributed by atoms with Crippen LogP contribution in [0.1, 0.15) is 36.8 Å². The summed E-state index contributed by atoms with van der Waals surface area (Å²) in [6.07, 6.45) is 0. The molecule has 3 aromatic rings. The molecule has 0 atom stereocenters. The Labute approximate surface area is 141 Å². The molecule has 0 aliphatic heterocycles. The van der Waals surface area contributed by atoms with Gasteiger partial charge in [0.05, 0.1) is 11.0 Å². The zero-order valence-corrected chi connectivity index (χ0v) is 14.7. The fourth-order valence-electron chi connectivity index (χ4n) is 2.82. The molecule has 0 N–H and O–H groups in total. The standard InChI is InChI=1S/C19H21ClN2O/c1-12(2)22-17-9-8-15(20)10-16(17)21-19(22)11-23-18-7-5-6-13(3)14(18)4/h5-10,12H,11H2,1-4H3. The highest BCUT2D eigenvalue weighted by molar-refractivity contribution is 6.31. The number of hydrogen-bond acceptors (Lipinski definition) is 2. The number of imidazole rings is 1. The van der Waals surface area contributed by atoms with E-state index in [0.29, 0.717) is 17.7 Å². The molecule has 0 radical (unpaired) electrons. The van der Waals surface area contributed by atoms with Gasteiger partial charge < -0.3 is 9.30 Å². The van der Waals surface area contributed by atoms with E-state index in [1.807, 2.05) is 30.3 Å². The lowest BCUT2D eigenvalue weighted by molar-refractivity contribution is 0.285. The predicted octanol–water partition coefficient (Wildman–Crippen LogP) is 5.47. The van der Waals surface area contributed by atoms with Gasteiger partial charge in [-0.3, -0.25) is 0 Å². The van der Waals surface area contributed by atoms with E-state index in [-0.39, 0.29) is 0 Å². The molecule has 0 amide bonds. The molecule has 0 aliphatic rings. The van der Waals surface area contributed by atoms with Gasteiger partial charge >= 0.3 is 0 Å². The molecule has 4 heteroatoms. The normalized spacial score (nSPS) is 11.4. The summed E-state index contributed by atoms with van der Waals surface area (Å²) in [6, 6.07) is 12.2. The average Bonchev–Trinajstić information content (AvgIpc) is 2.86. The van der Waals surface area contributed by atoms with Crippen molar-refractivity contribution in [3.05, 3.63) is 58.4 Å². The number of nitrogens with zero attached hydrogens (tertiary/aromatic N) is 2. The van der Waals surface area contributed by atoms with Crippen molar-refractivity contribution in [3.8, 4) is 5.75 Å². The number of ether oxygens (including phenoxy) is 1. The number of aromatic nitrogens is 2. The van der Waals surface area contributed by atoms with Gasteiger partial charge in [0.25, 0.3) is 0 Å². The topological polar surface area (TPSA) is 27.1 Å². The van der Waals surface area contributed by atoms with Crippen molar-refractivity contribution in [3.63, 3.8) is 0 Å². The minimum Gasteiger partial charge on any atom is -0.485 e. The van der Waals surface area contributed by atoms with Crippen LogP contribution in [-0.2, 0) is 6.61 Å². The van der Waals surface area contributed by atoms with Crippen molar-refractivity contribution in [2.75, 3.05) is 0 Å². The van der Waals surface area contributed by atoms with Crippen molar-refractivity contribution < 1.29 is 4.74 Å². The first-order chi connectivity index (χ1) is 11.0. The summed E-state index contributed by atoms with van der Waals surface area (Å²) >= 11 is 6.09. The van der Waals surface area contributed by atoms with Crippen LogP contribution in [0.15, 0.2) is 36.4 Å². The lowest BCUT2D eigenvalue weighted by Crippen LogP contribution is -2.09. The van der Waals surface area contributed by atoms with Crippen molar-refractivity contribution in [1.29, 1.82) is 0 Å². The summed E-state index contributed by atoms with van der Waals surface area (Å²) in [7, 11) is 0. The fraction of sp³-hybridized carbons (Fsp3) is 0.316. The third-order valence-electron chi connectivity index (χ3n) is 4.15. The van der Waals surface area contributed by atoms with Gasteiger partial charge in [-0.2, -0.15) is 0 Å². The molecule has 0 aliphatic carbocycles. The molecular formula is C19H21ClN2O. The van der Waals surface area contributed by atoms with E-state index in [4.69, 9.17) is 21.3 Å². The van der Waals surface area contributed by atoms with Gasteiger partial charge in [-0.05, 0) is 63.1 Å². The number of rotatable bonds is 4. The summed E-state index contributed by atoms with van der Waals surface area (Å²) < 4.78 is 8.24. The highest BCUT2D eigenvalue weighted by atomic mass is 35.5. The zero-order valence-electron chi connectivity index (χ0n) is 13.9. The summed E-state index contributed by atoms with van der Waals surface area (Å²) in [5.41, 5.74) is 4.39. The van der Waals surface area contributed by atoms with E-state index in [2.05, 4.69) is 38.3 Å². The summed E-state index contributed by atoms with van der Waals surface area (Å²) in [6.45, 7) is 8.91. The van der Waals surface area contributed by atoms with Crippen molar-refractivity contribution in [2.24, 2.45) is 0 Å². The van der Waals surface area contributed by atoms with E-state index < -0.39 is 0 Å². The Morgan fingerprint density at radius 3 is 2.70 bits per heavy atom. The highest BCUT2D eigenvalue weighted by Gasteiger charge is 2.14. The van der Waals surface area contributed by atoms with Gasteiger partial charge in [-0.15, -0.1) is 0 Å². The quantitative estimate of drug-likeness (QED) is 0.635. The van der Waals surface area contributed by atoms with Gasteiger partial charge in [0.1, 0.15) is 18.2 Å². The molecule has 1 aromatic heterocycles. The smallest absolute Gasteiger partial charge is 0.148 e. The molecule has 0 unspecified atom stereocenters. The molecule has 0 saturated heterocycles. The Kier molecular flexibility index (Phi) is 4.31. The summed E-state index contributed by atoms with van der Waals surface area (Å²) in [5, 5.41) is 0.702. The maximum Gasteiger partial charge on any atom is 0.148 e. The lowest BCUT2D eigenvalue weighted by Gasteiger charge is -2.15. The van der Waals surface area contributed by atoms with Crippen LogP contribution in [0.4, 0.5) is 0 Å². The first-order valence-corrected chi connectivity index (χ1v) is 8.20. The van der Waals surface area contributed by atoms with Crippen molar-refractivity contribution in [2.45, 2.75) is 40.3 Å². The minimum atomic E-state index is 0.304. The van der Waals surface area contributed by atoms with Crippen LogP contribution in [0.2, 0.25) is 5.02 Å². The van der Waals surface area contributed by atoms with Crippen LogP contribution in [-0.4, -0.2) is 9.55 Å². The molecular weight excluding hydrogens is 308 g/mol. The maximum absolute atomic E-state index is 6.09. The maximum atomic E-state index is 6.09. The second-order valence-corrected chi connectivity index (χ2v) is 6.55. The monoisotopic (exact) mass is 328 g/mol. The number of aryl methyl sites for hydroxylation is 1. The van der Waals surface area contributed by atoms with Crippen LogP contribution >= 0.6 is 11.6 Å². The molecule has 23 heavy (non-hydrogen) atoms. The van der Waals surface area contributed by atoms with Gasteiger partial charge in [0.15, 0.2) is 0 Å². The van der Waals surface area contributed by atoms with Gasteiger partial charge in [0.2, 0.25) is 0 Å². The van der Waals surface area contributed by atoms with Crippen LogP contribution in [0.25, 0.3) is 11.0 Å². The Morgan fingerprint density at radius 1 is 1.17 bits per heavy atom. The third kappa shape index (κ3) is 3.06. The van der Waals surface area contributed by atoms with Crippen LogP contribution in [0.3, 0.4) is 0 Å². The first-order valence-electron chi connectivity index (χ1n) is 7.82. The van der Waals surface area contributed by atoms with Crippen molar-refractivity contribution in [1.82, 2.24) is 9.55 Å². The number of fused-ring (bicyclic) bond motifs is 1. The predicted molar refractivity (Wildman–Crippen MR) is 95.4 cm³/mol. The lowest BCUT2D eigenvalue weighted by atomic mass is 10.1. The Bertz CT molecular complexity index is 852. The summed E-state index contributed by atoms with van der Waals surface area (Å²) in [4.78, 5) is 4.72. The second kappa shape index (κ2) is 6.25. The van der Waals surface area contributed by atoms with E-state index >= 15 is 0 Å². The number of halogens is 1. The largest absolute Gasteiger partial charge is 0.485 e. The van der Waals surface area contributed by atoms with E-state index in [1.165, 1.54) is 11.1 Å². The van der Waals surface area contributed by atoms with Gasteiger partial charge in [-0.1, -0.05) is 23.7 Å². The van der Waals surface area contributed by atoms with E-state index in [1.54, 1.807) is 0 Å². The molecule has 120 valence electrons. The first kappa shape index (κ1) is 15.9. The molecule has 2 aromatic carbocycles. The molecule has 0 fully saturated rings. The molecule has 0 bridgehead atoms. The number of benzene rings is 2. The second-order valence-electron chi connectivity index (χ2n) is 6.11. The van der Waals surface area contributed by atoms with Crippen LogP contribution in [0.5, 0.6) is 5.75 Å². The molecule has 1 heterocycles. The molecule has 0 spiro atoms. The highest BCUT2D eigenvalue weighted by Crippen LogP contribution is 2.26. The SMILES string of the molecule is Cc1cccc(OCc2nc3cc(Cl)ccc3n2C(C)C)c1C. The number of hydrogen-bond donors (Lipinski definition) is 0. The van der Waals surface area contributed by atoms with Crippen LogP contribution in [0, 0.1) is 13.8 Å². The third-order valence-corrected chi connectivity index (χ3v) is 4.39.